The number of aromatic nitrogens is 2. The molecule has 2 aromatic rings. The Hall–Kier alpha value is -1.55. The minimum Gasteiger partial charge on any atom is -0.481 e. The van der Waals surface area contributed by atoms with Crippen molar-refractivity contribution in [1.82, 2.24) is 9.55 Å². The lowest BCUT2D eigenvalue weighted by atomic mass is 9.90. The maximum Gasteiger partial charge on any atom is 0.304 e. The summed E-state index contributed by atoms with van der Waals surface area (Å²) in [5.41, 5.74) is 0.475. The van der Waals surface area contributed by atoms with Crippen LogP contribution in [-0.2, 0) is 21.7 Å². The Kier molecular flexibility index (Phi) is 6.38. The lowest BCUT2D eigenvalue weighted by molar-refractivity contribution is -0.137. The highest BCUT2D eigenvalue weighted by atomic mass is 127. The largest absolute Gasteiger partial charge is 0.481 e. The predicted octanol–water partition coefficient (Wildman–Crippen LogP) is 4.94. The molecule has 1 aromatic heterocycles. The number of nitrogens with zero attached hydrogens (tertiary/aromatic N) is 2. The molecule has 152 valence electrons. The summed E-state index contributed by atoms with van der Waals surface area (Å²) in [5.74, 6) is -2.51. The van der Waals surface area contributed by atoms with Gasteiger partial charge in [-0.05, 0) is 38.3 Å². The number of carbonyl (C=O) groups is 1. The molecule has 5 nitrogen and oxygen atoms in total. The van der Waals surface area contributed by atoms with Crippen LogP contribution in [0.3, 0.4) is 0 Å². The van der Waals surface area contributed by atoms with Crippen LogP contribution < -0.4 is 0 Å². The van der Waals surface area contributed by atoms with E-state index in [2.05, 4.69) is 27.6 Å². The van der Waals surface area contributed by atoms with Crippen LogP contribution in [0.1, 0.15) is 62.0 Å². The molecule has 0 saturated carbocycles. The first-order valence-electron chi connectivity index (χ1n) is 9.16. The van der Waals surface area contributed by atoms with Crippen LogP contribution in [0, 0.1) is 11.6 Å². The number of alkyl halides is 1. The molecular formula is C20H23F2IN2O3. The molecule has 3 rings (SSSR count). The zero-order valence-corrected chi connectivity index (χ0v) is 17.9. The van der Waals surface area contributed by atoms with E-state index >= 15 is 0 Å². The quantitative estimate of drug-likeness (QED) is 0.447. The molecular weight excluding hydrogens is 481 g/mol. The lowest BCUT2D eigenvalue weighted by Gasteiger charge is -2.27. The topological polar surface area (TPSA) is 64.4 Å². The van der Waals surface area contributed by atoms with E-state index in [1.807, 2.05) is 18.4 Å². The number of imidazole rings is 1. The molecule has 28 heavy (non-hydrogen) atoms. The van der Waals surface area contributed by atoms with Crippen LogP contribution in [0.2, 0.25) is 0 Å². The van der Waals surface area contributed by atoms with Crippen LogP contribution in [0.5, 0.6) is 0 Å². The zero-order valence-electron chi connectivity index (χ0n) is 15.8. The van der Waals surface area contributed by atoms with E-state index in [1.165, 1.54) is 6.07 Å². The van der Waals surface area contributed by atoms with E-state index in [-0.39, 0.29) is 18.3 Å². The van der Waals surface area contributed by atoms with Crippen molar-refractivity contribution in [3.05, 3.63) is 53.1 Å². The van der Waals surface area contributed by atoms with Crippen molar-refractivity contribution in [3.8, 4) is 0 Å². The summed E-state index contributed by atoms with van der Waals surface area (Å²) >= 11 is 2.12. The van der Waals surface area contributed by atoms with Gasteiger partial charge in [0.1, 0.15) is 11.4 Å². The Bertz CT molecular complexity index is 869. The van der Waals surface area contributed by atoms with Gasteiger partial charge in [0.05, 0.1) is 22.9 Å². The molecule has 8 heteroatoms. The summed E-state index contributed by atoms with van der Waals surface area (Å²) in [6.45, 7) is 4.24. The summed E-state index contributed by atoms with van der Waals surface area (Å²) < 4.78 is 36.5. The third-order valence-corrected chi connectivity index (χ3v) is 5.70. The summed E-state index contributed by atoms with van der Waals surface area (Å²) in [7, 11) is 0. The Morgan fingerprint density at radius 2 is 2.14 bits per heavy atom. The second-order valence-corrected chi connectivity index (χ2v) is 8.21. The Morgan fingerprint density at radius 1 is 1.39 bits per heavy atom. The fourth-order valence-corrected chi connectivity index (χ4v) is 4.71. The Balaban J connectivity index is 2.06. The number of fused-ring (bicyclic) bond motifs is 1. The van der Waals surface area contributed by atoms with E-state index in [0.717, 1.165) is 11.8 Å². The zero-order chi connectivity index (χ0) is 20.5. The number of rotatable bonds is 6. The van der Waals surface area contributed by atoms with Gasteiger partial charge in [-0.1, -0.05) is 34.7 Å². The van der Waals surface area contributed by atoms with Crippen LogP contribution in [0.15, 0.2) is 24.4 Å². The summed E-state index contributed by atoms with van der Waals surface area (Å²) in [6, 6.07) is 4.21. The fraction of sp³-hybridized carbons (Fsp3) is 0.500. The molecule has 2 atom stereocenters. The van der Waals surface area contributed by atoms with Crippen molar-refractivity contribution in [2.75, 3.05) is 4.61 Å². The van der Waals surface area contributed by atoms with Gasteiger partial charge in [-0.3, -0.25) is 4.79 Å². The summed E-state index contributed by atoms with van der Waals surface area (Å²) in [6.07, 6.45) is 2.74. The minimum atomic E-state index is -0.903. The fourth-order valence-electron chi connectivity index (χ4n) is 3.94. The summed E-state index contributed by atoms with van der Waals surface area (Å²) in [5, 5.41) is 9.33. The second-order valence-electron chi connectivity index (χ2n) is 7.59. The maximum absolute atomic E-state index is 14.5. The third kappa shape index (κ3) is 4.22. The van der Waals surface area contributed by atoms with Crippen molar-refractivity contribution in [2.45, 2.75) is 57.1 Å². The number of benzene rings is 1. The van der Waals surface area contributed by atoms with Crippen molar-refractivity contribution >= 4 is 28.6 Å². The molecule has 1 N–H and O–H groups in total. The highest BCUT2D eigenvalue weighted by molar-refractivity contribution is 14.1. The van der Waals surface area contributed by atoms with Crippen LogP contribution in [0.25, 0.3) is 0 Å². The average Bonchev–Trinajstić information content (AvgIpc) is 2.96. The molecule has 0 unspecified atom stereocenters. The number of carboxylic acids is 1. The number of halogens is 3. The Labute approximate surface area is 176 Å². The standard InChI is InChI=1S/C20H23F2IN2O3/c1-20(2,28-11-23)16-9-24-19-12(8-17(26)27)6-7-13(10-25(16)19)14-4-3-5-15(21)18(14)22/h3-5,9,12-13H,6-8,10-11H2,1-2H3,(H,26,27)/t12-,13+/m0/s1. The monoisotopic (exact) mass is 504 g/mol. The second kappa shape index (κ2) is 8.44. The van der Waals surface area contributed by atoms with Gasteiger partial charge in [0, 0.05) is 18.4 Å². The van der Waals surface area contributed by atoms with Crippen LogP contribution >= 0.6 is 22.6 Å². The van der Waals surface area contributed by atoms with Crippen molar-refractivity contribution < 1.29 is 23.4 Å². The maximum atomic E-state index is 14.5. The van der Waals surface area contributed by atoms with Crippen molar-refractivity contribution in [2.24, 2.45) is 0 Å². The van der Waals surface area contributed by atoms with Gasteiger partial charge < -0.3 is 14.4 Å². The van der Waals surface area contributed by atoms with Crippen LogP contribution in [-0.4, -0.2) is 25.2 Å². The predicted molar refractivity (Wildman–Crippen MR) is 109 cm³/mol. The van der Waals surface area contributed by atoms with Gasteiger partial charge >= 0.3 is 5.97 Å². The molecule has 1 aliphatic rings. The molecule has 0 radical (unpaired) electrons. The smallest absolute Gasteiger partial charge is 0.304 e. The van der Waals surface area contributed by atoms with Gasteiger partial charge in [0.25, 0.3) is 0 Å². The van der Waals surface area contributed by atoms with Gasteiger partial charge in [0.15, 0.2) is 11.6 Å². The third-order valence-electron chi connectivity index (χ3n) is 5.39. The van der Waals surface area contributed by atoms with E-state index in [0.29, 0.717) is 35.4 Å². The first-order valence-corrected chi connectivity index (χ1v) is 10.7. The highest BCUT2D eigenvalue weighted by Gasteiger charge is 2.34. The Morgan fingerprint density at radius 3 is 2.82 bits per heavy atom. The molecule has 0 aliphatic carbocycles. The first-order chi connectivity index (χ1) is 13.2. The van der Waals surface area contributed by atoms with Gasteiger partial charge in [0.2, 0.25) is 0 Å². The molecule has 2 heterocycles. The highest BCUT2D eigenvalue weighted by Crippen LogP contribution is 2.39. The van der Waals surface area contributed by atoms with E-state index in [9.17, 15) is 18.7 Å². The number of ether oxygens (including phenoxy) is 1. The van der Waals surface area contributed by atoms with Gasteiger partial charge in [-0.25, -0.2) is 13.8 Å². The normalized spacial score (nSPS) is 19.9. The van der Waals surface area contributed by atoms with E-state index in [1.54, 1.807) is 12.3 Å². The van der Waals surface area contributed by atoms with Crippen molar-refractivity contribution in [3.63, 3.8) is 0 Å². The number of carboxylic acid groups (broad SMARTS) is 1. The van der Waals surface area contributed by atoms with Crippen molar-refractivity contribution in [1.29, 1.82) is 0 Å². The van der Waals surface area contributed by atoms with E-state index in [4.69, 9.17) is 4.74 Å². The first kappa shape index (κ1) is 21.2. The summed E-state index contributed by atoms with van der Waals surface area (Å²) in [4.78, 5) is 15.9. The van der Waals surface area contributed by atoms with Gasteiger partial charge in [-0.2, -0.15) is 0 Å². The SMILES string of the molecule is CC(C)(OCI)c1cnc2n1C[C@H](c1cccc(F)c1F)CC[C@H]2CC(=O)O. The average molecular weight is 504 g/mol. The molecule has 0 spiro atoms. The molecule has 0 fully saturated rings. The lowest BCUT2D eigenvalue weighted by Crippen LogP contribution is -2.26. The molecule has 0 saturated heterocycles. The molecule has 1 aliphatic heterocycles. The van der Waals surface area contributed by atoms with Crippen LogP contribution in [0.4, 0.5) is 8.78 Å². The number of aliphatic carboxylic acids is 1. The van der Waals surface area contributed by atoms with E-state index < -0.39 is 23.2 Å². The number of hydrogen-bond acceptors (Lipinski definition) is 3. The molecule has 0 bridgehead atoms. The molecule has 0 amide bonds. The minimum absolute atomic E-state index is 0.0532. The van der Waals surface area contributed by atoms with Gasteiger partial charge in [-0.15, -0.1) is 0 Å². The molecule has 1 aromatic carbocycles. The number of hydrogen-bond donors (Lipinski definition) is 1.